The normalized spacial score (nSPS) is 11.3. The Morgan fingerprint density at radius 3 is 2.58 bits per heavy atom. The molecule has 0 aliphatic carbocycles. The van der Waals surface area contributed by atoms with E-state index in [1.165, 1.54) is 7.11 Å². The molecule has 1 rings (SSSR count). The van der Waals surface area contributed by atoms with Crippen LogP contribution in [0.15, 0.2) is 30.3 Å². The molecule has 0 aromatic heterocycles. The average molecular weight is 184 g/mol. The van der Waals surface area contributed by atoms with Crippen molar-refractivity contribution in [2.24, 2.45) is 0 Å². The number of benzene rings is 1. The molecule has 1 aromatic rings. The predicted molar refractivity (Wildman–Crippen MR) is 49.3 cm³/mol. The van der Waals surface area contributed by atoms with E-state index in [4.69, 9.17) is 9.29 Å². The van der Waals surface area contributed by atoms with Crippen LogP contribution >= 0.6 is 12.0 Å². The summed E-state index contributed by atoms with van der Waals surface area (Å²) < 4.78 is 13.5. The molecule has 0 fully saturated rings. The molecule has 12 heavy (non-hydrogen) atoms. The lowest BCUT2D eigenvalue weighted by Gasteiger charge is -1.91. The third kappa shape index (κ3) is 2.56. The highest BCUT2D eigenvalue weighted by atomic mass is 32.2. The van der Waals surface area contributed by atoms with Gasteiger partial charge in [0.05, 0.1) is 7.11 Å². The molecule has 0 aliphatic heterocycles. The van der Waals surface area contributed by atoms with Gasteiger partial charge in [0.2, 0.25) is 5.69 Å². The fraction of sp³-hybridized carbons (Fsp3) is 0.125. The summed E-state index contributed by atoms with van der Waals surface area (Å²) in [4.78, 5) is 2.89. The van der Waals surface area contributed by atoms with Crippen molar-refractivity contribution in [2.45, 2.75) is 0 Å². The van der Waals surface area contributed by atoms with Gasteiger partial charge in [-0.05, 0) is 0 Å². The minimum Gasteiger partial charge on any atom is -0.441 e. The van der Waals surface area contributed by atoms with Crippen LogP contribution in [-0.4, -0.2) is 16.9 Å². The smallest absolute Gasteiger partial charge is 0.432 e. The lowest BCUT2D eigenvalue weighted by molar-refractivity contribution is -0.362. The monoisotopic (exact) mass is 184 g/mol. The second-order valence-electron chi connectivity index (χ2n) is 2.07. The van der Waals surface area contributed by atoms with E-state index in [2.05, 4.69) is 4.99 Å². The van der Waals surface area contributed by atoms with Crippen molar-refractivity contribution in [3.05, 3.63) is 30.3 Å². The predicted octanol–water partition coefficient (Wildman–Crippen LogP) is 0.607. The first-order chi connectivity index (χ1) is 5.86. The summed E-state index contributed by atoms with van der Waals surface area (Å²) in [6, 6.07) is 9.49. The maximum absolute atomic E-state index is 8.68. The molecule has 0 aliphatic rings. The first kappa shape index (κ1) is 9.09. The highest BCUT2D eigenvalue weighted by Crippen LogP contribution is 1.97. The molecule has 3 nitrogen and oxygen atoms in total. The van der Waals surface area contributed by atoms with Gasteiger partial charge in [-0.1, -0.05) is 18.2 Å². The summed E-state index contributed by atoms with van der Waals surface area (Å²) in [7, 11) is 1.49. The van der Waals surface area contributed by atoms with Gasteiger partial charge in [0.1, 0.15) is 12.0 Å². The van der Waals surface area contributed by atoms with Gasteiger partial charge in [-0.2, -0.15) is 4.99 Å². The van der Waals surface area contributed by atoms with E-state index in [0.29, 0.717) is 17.3 Å². The first-order valence-electron chi connectivity index (χ1n) is 3.41. The summed E-state index contributed by atoms with van der Waals surface area (Å²) in [6.45, 7) is 0. The number of ether oxygens (including phenoxy) is 1. The highest BCUT2D eigenvalue weighted by Gasteiger charge is 2.04. The molecule has 0 atom stereocenters. The van der Waals surface area contributed by atoms with Crippen molar-refractivity contribution >= 4 is 23.0 Å². The van der Waals surface area contributed by atoms with Crippen LogP contribution < -0.4 is 4.99 Å². The zero-order valence-corrected chi connectivity index (χ0v) is 7.47. The summed E-state index contributed by atoms with van der Waals surface area (Å²) in [6.07, 6.45) is 0. The molecule has 1 aromatic carbocycles. The van der Waals surface area contributed by atoms with E-state index in [9.17, 15) is 0 Å². The number of nitrogens with one attached hydrogen (secondary N) is 1. The number of hydrogen-bond acceptors (Lipinski definition) is 3. The van der Waals surface area contributed by atoms with Crippen molar-refractivity contribution in [3.8, 4) is 0 Å². The van der Waals surface area contributed by atoms with Gasteiger partial charge in [0.15, 0.2) is 0 Å². The summed E-state index contributed by atoms with van der Waals surface area (Å²) >= 11 is 0.548. The van der Waals surface area contributed by atoms with Crippen LogP contribution in [0.4, 0.5) is 5.69 Å². The first-order valence-corrected chi connectivity index (χ1v) is 4.18. The molecule has 64 valence electrons. The number of rotatable bonds is 1. The quantitative estimate of drug-likeness (QED) is 0.382. The van der Waals surface area contributed by atoms with Crippen LogP contribution in [0.25, 0.3) is 0 Å². The summed E-state index contributed by atoms with van der Waals surface area (Å²) in [5.74, 6) is 0. The van der Waals surface area contributed by atoms with Crippen molar-refractivity contribution in [1.82, 2.24) is 0 Å². The van der Waals surface area contributed by atoms with Crippen molar-refractivity contribution in [3.63, 3.8) is 0 Å². The molecule has 4 heteroatoms. The third-order valence-electron chi connectivity index (χ3n) is 1.29. The van der Waals surface area contributed by atoms with Crippen LogP contribution in [-0.2, 0) is 4.74 Å². The molecule has 0 spiro atoms. The van der Waals surface area contributed by atoms with Crippen molar-refractivity contribution in [1.29, 1.82) is 0 Å². The Balaban J connectivity index is 2.79. The van der Waals surface area contributed by atoms with E-state index in [1.54, 1.807) is 0 Å². The lowest BCUT2D eigenvalue weighted by atomic mass is 10.3. The molecule has 0 amide bonds. The molecular formula is C8H10NO2S+. The Morgan fingerprint density at radius 1 is 1.42 bits per heavy atom. The number of para-hydroxylation sites is 1. The minimum atomic E-state index is 0.362. The Kier molecular flexibility index (Phi) is 3.63. The molecule has 0 bridgehead atoms. The molecule has 2 N–H and O–H groups in total. The molecule has 0 radical (unpaired) electrons. The van der Waals surface area contributed by atoms with Crippen LogP contribution in [0.2, 0.25) is 0 Å². The van der Waals surface area contributed by atoms with Crippen LogP contribution in [0.1, 0.15) is 0 Å². The van der Waals surface area contributed by atoms with Crippen LogP contribution in [0.3, 0.4) is 0 Å². The summed E-state index contributed by atoms with van der Waals surface area (Å²) in [5.41, 5.74) is 0.885. The Morgan fingerprint density at radius 2 is 2.08 bits per heavy atom. The van der Waals surface area contributed by atoms with E-state index >= 15 is 0 Å². The van der Waals surface area contributed by atoms with Gasteiger partial charge >= 0.3 is 5.23 Å². The second-order valence-corrected chi connectivity index (χ2v) is 2.63. The third-order valence-corrected chi connectivity index (χ3v) is 1.72. The molecule has 0 saturated heterocycles. The zero-order valence-electron chi connectivity index (χ0n) is 6.65. The number of hydrogen-bond donors (Lipinski definition) is 2. The largest absolute Gasteiger partial charge is 0.441 e. The zero-order chi connectivity index (χ0) is 8.81. The van der Waals surface area contributed by atoms with E-state index in [0.717, 1.165) is 5.69 Å². The van der Waals surface area contributed by atoms with E-state index < -0.39 is 0 Å². The molecule has 0 saturated carbocycles. The molecule has 0 unspecified atom stereocenters. The fourth-order valence-electron chi connectivity index (χ4n) is 0.750. The summed E-state index contributed by atoms with van der Waals surface area (Å²) in [5, 5.41) is 0.362. The maximum atomic E-state index is 8.68. The standard InChI is InChI=1S/C8H9NO2S/c1-11-8(12-10)9-7-5-3-2-4-6-7/h2-6,10H,1H3/p+1. The van der Waals surface area contributed by atoms with Crippen LogP contribution in [0.5, 0.6) is 0 Å². The van der Waals surface area contributed by atoms with Gasteiger partial charge in [-0.15, -0.1) is 0 Å². The Labute approximate surface area is 75.3 Å². The van der Waals surface area contributed by atoms with Gasteiger partial charge in [0.25, 0.3) is 0 Å². The van der Waals surface area contributed by atoms with Gasteiger partial charge in [-0.25, -0.2) is 0 Å². The van der Waals surface area contributed by atoms with Crippen LogP contribution in [0, 0.1) is 0 Å². The highest BCUT2D eigenvalue weighted by molar-refractivity contribution is 8.08. The SMILES string of the molecule is COC(=[NH+]c1ccccc1)SO. The Bertz CT molecular complexity index is 255. The van der Waals surface area contributed by atoms with Gasteiger partial charge in [0, 0.05) is 12.1 Å². The van der Waals surface area contributed by atoms with E-state index in [1.807, 2.05) is 30.3 Å². The topological polar surface area (TPSA) is 43.4 Å². The van der Waals surface area contributed by atoms with Crippen molar-refractivity contribution < 1.29 is 14.3 Å². The Hall–Kier alpha value is -1.00. The van der Waals surface area contributed by atoms with Crippen molar-refractivity contribution in [2.75, 3.05) is 7.11 Å². The molecule has 0 heterocycles. The fourth-order valence-corrected chi connectivity index (χ4v) is 0.988. The van der Waals surface area contributed by atoms with E-state index in [-0.39, 0.29) is 0 Å². The second kappa shape index (κ2) is 4.79. The molecular weight excluding hydrogens is 174 g/mol. The lowest BCUT2D eigenvalue weighted by Crippen LogP contribution is -2.65. The number of methoxy groups -OCH3 is 1. The van der Waals surface area contributed by atoms with Gasteiger partial charge in [-0.3, -0.25) is 0 Å². The average Bonchev–Trinajstić information content (AvgIpc) is 2.16. The minimum absolute atomic E-state index is 0.362. The van der Waals surface area contributed by atoms with Gasteiger partial charge < -0.3 is 9.29 Å². The maximum Gasteiger partial charge on any atom is 0.432 e.